The molecule has 0 radical (unpaired) electrons. The smallest absolute Gasteiger partial charge is 0.113 e. The number of halogens is 1. The molecular weight excluding hydrogens is 433 g/mol. The molecule has 4 aromatic rings. The Balaban J connectivity index is 0.00000210. The van der Waals surface area contributed by atoms with E-state index in [9.17, 15) is 0 Å². The van der Waals surface area contributed by atoms with E-state index in [0.29, 0.717) is 0 Å². The molecule has 1 heterocycles. The Morgan fingerprint density at radius 2 is 1.26 bits per heavy atom. The molecule has 4 rings (SSSR count). The van der Waals surface area contributed by atoms with Gasteiger partial charge in [0.25, 0.3) is 0 Å². The SMILES string of the molecule is Cc1nc(-c2ccccc2[P+](C)(c2ccccc2)c2ccccc2)cs1.[Br-]. The summed E-state index contributed by atoms with van der Waals surface area (Å²) >= 11 is 1.71. The first-order valence-corrected chi connectivity index (χ1v) is 11.8. The first-order valence-electron chi connectivity index (χ1n) is 8.69. The van der Waals surface area contributed by atoms with E-state index >= 15 is 0 Å². The molecular formula is C23H21BrNPS. The van der Waals surface area contributed by atoms with Crippen LogP contribution in [0.25, 0.3) is 11.3 Å². The normalized spacial score (nSPS) is 11.0. The summed E-state index contributed by atoms with van der Waals surface area (Å²) in [6.45, 7) is 4.50. The van der Waals surface area contributed by atoms with Gasteiger partial charge in [-0.2, -0.15) is 0 Å². The second kappa shape index (κ2) is 8.48. The molecule has 0 fully saturated rings. The van der Waals surface area contributed by atoms with Gasteiger partial charge in [0.05, 0.1) is 17.4 Å². The van der Waals surface area contributed by atoms with Gasteiger partial charge in [-0.1, -0.05) is 48.5 Å². The van der Waals surface area contributed by atoms with E-state index in [1.165, 1.54) is 21.5 Å². The van der Waals surface area contributed by atoms with E-state index in [1.807, 2.05) is 0 Å². The lowest BCUT2D eigenvalue weighted by Crippen LogP contribution is -3.00. The summed E-state index contributed by atoms with van der Waals surface area (Å²) in [4.78, 5) is 4.78. The number of rotatable bonds is 4. The van der Waals surface area contributed by atoms with E-state index in [1.54, 1.807) is 11.3 Å². The van der Waals surface area contributed by atoms with Gasteiger partial charge in [0.1, 0.15) is 23.2 Å². The Hall–Kier alpha value is -1.80. The van der Waals surface area contributed by atoms with Crippen LogP contribution in [0.15, 0.2) is 90.3 Å². The molecule has 0 unspecified atom stereocenters. The molecule has 4 heteroatoms. The van der Waals surface area contributed by atoms with Crippen molar-refractivity contribution in [1.82, 2.24) is 4.98 Å². The summed E-state index contributed by atoms with van der Waals surface area (Å²) in [6.07, 6.45) is 0. The predicted molar refractivity (Wildman–Crippen MR) is 117 cm³/mol. The molecule has 27 heavy (non-hydrogen) atoms. The van der Waals surface area contributed by atoms with Gasteiger partial charge in [-0.15, -0.1) is 11.3 Å². The minimum Gasteiger partial charge on any atom is -1.00 e. The van der Waals surface area contributed by atoms with Crippen LogP contribution in [0.5, 0.6) is 0 Å². The summed E-state index contributed by atoms with van der Waals surface area (Å²) in [7, 11) is -1.76. The third-order valence-corrected chi connectivity index (χ3v) is 9.61. The van der Waals surface area contributed by atoms with Crippen molar-refractivity contribution in [2.75, 3.05) is 6.66 Å². The van der Waals surface area contributed by atoms with Crippen molar-refractivity contribution in [2.24, 2.45) is 0 Å². The fourth-order valence-electron chi connectivity index (χ4n) is 3.45. The van der Waals surface area contributed by atoms with Crippen LogP contribution in [0.3, 0.4) is 0 Å². The second-order valence-electron chi connectivity index (χ2n) is 6.45. The van der Waals surface area contributed by atoms with Gasteiger partial charge in [0.15, 0.2) is 0 Å². The van der Waals surface area contributed by atoms with E-state index in [0.717, 1.165) is 10.7 Å². The van der Waals surface area contributed by atoms with Crippen LogP contribution in [-0.4, -0.2) is 11.6 Å². The Kier molecular flexibility index (Phi) is 6.26. The molecule has 1 aromatic heterocycles. The van der Waals surface area contributed by atoms with Crippen molar-refractivity contribution < 1.29 is 17.0 Å². The quantitative estimate of drug-likeness (QED) is 0.431. The average Bonchev–Trinajstić information content (AvgIpc) is 3.15. The minimum absolute atomic E-state index is 0. The Labute approximate surface area is 176 Å². The maximum absolute atomic E-state index is 4.78. The third-order valence-electron chi connectivity index (χ3n) is 4.83. The summed E-state index contributed by atoms with van der Waals surface area (Å²) < 4.78 is 0. The van der Waals surface area contributed by atoms with Crippen molar-refractivity contribution in [3.05, 3.63) is 95.3 Å². The summed E-state index contributed by atoms with van der Waals surface area (Å²) in [5.41, 5.74) is 2.33. The standard InChI is InChI=1S/C23H21NPS.BrH/c1-18-24-22(17-26-18)21-15-9-10-16-23(21)25(2,19-11-5-3-6-12-19)20-13-7-4-8-14-20;/h3-17H,1-2H3;1H/q+1;/p-1. The Morgan fingerprint density at radius 3 is 1.78 bits per heavy atom. The van der Waals surface area contributed by atoms with Crippen LogP contribution in [0.2, 0.25) is 0 Å². The highest BCUT2D eigenvalue weighted by Gasteiger charge is 2.42. The van der Waals surface area contributed by atoms with Crippen LogP contribution < -0.4 is 32.9 Å². The molecule has 1 nitrogen and oxygen atoms in total. The molecule has 0 saturated carbocycles. The predicted octanol–water partition coefficient (Wildman–Crippen LogP) is 2.05. The van der Waals surface area contributed by atoms with Gasteiger partial charge in [-0.25, -0.2) is 4.98 Å². The molecule has 0 bridgehead atoms. The highest BCUT2D eigenvalue weighted by molar-refractivity contribution is 7.95. The Bertz CT molecular complexity index is 975. The maximum atomic E-state index is 4.78. The average molecular weight is 454 g/mol. The van der Waals surface area contributed by atoms with Crippen molar-refractivity contribution in [1.29, 1.82) is 0 Å². The second-order valence-corrected chi connectivity index (χ2v) is 11.0. The fraction of sp³-hybridized carbons (Fsp3) is 0.0870. The molecule has 0 aliphatic rings. The molecule has 3 aromatic carbocycles. The molecule has 136 valence electrons. The molecule has 0 aliphatic heterocycles. The van der Waals surface area contributed by atoms with Gasteiger partial charge in [0.2, 0.25) is 0 Å². The number of benzene rings is 3. The van der Waals surface area contributed by atoms with Crippen molar-refractivity contribution in [3.63, 3.8) is 0 Å². The monoisotopic (exact) mass is 453 g/mol. The van der Waals surface area contributed by atoms with Crippen LogP contribution in [0.1, 0.15) is 5.01 Å². The molecule has 0 amide bonds. The maximum Gasteiger partial charge on any atom is 0.113 e. The number of aromatic nitrogens is 1. The molecule has 0 aliphatic carbocycles. The minimum atomic E-state index is -1.76. The number of hydrogen-bond donors (Lipinski definition) is 0. The van der Waals surface area contributed by atoms with E-state index in [2.05, 4.69) is 104 Å². The van der Waals surface area contributed by atoms with E-state index < -0.39 is 7.26 Å². The van der Waals surface area contributed by atoms with Crippen molar-refractivity contribution in [2.45, 2.75) is 6.92 Å². The van der Waals surface area contributed by atoms with E-state index in [-0.39, 0.29) is 17.0 Å². The zero-order valence-electron chi connectivity index (χ0n) is 15.3. The van der Waals surface area contributed by atoms with Crippen LogP contribution in [-0.2, 0) is 0 Å². The van der Waals surface area contributed by atoms with Crippen LogP contribution >= 0.6 is 18.6 Å². The zero-order chi connectivity index (χ0) is 18.0. The number of aryl methyl sites for hydroxylation is 1. The number of thiazole rings is 1. The Morgan fingerprint density at radius 1 is 0.741 bits per heavy atom. The van der Waals surface area contributed by atoms with E-state index in [4.69, 9.17) is 4.98 Å². The van der Waals surface area contributed by atoms with Gasteiger partial charge >= 0.3 is 0 Å². The molecule has 0 N–H and O–H groups in total. The van der Waals surface area contributed by atoms with Gasteiger partial charge in [-0.05, 0) is 43.3 Å². The van der Waals surface area contributed by atoms with Gasteiger partial charge in [-0.3, -0.25) is 0 Å². The first-order chi connectivity index (χ1) is 12.7. The van der Waals surface area contributed by atoms with Crippen molar-refractivity contribution >= 4 is 34.5 Å². The van der Waals surface area contributed by atoms with Gasteiger partial charge < -0.3 is 17.0 Å². The van der Waals surface area contributed by atoms with Crippen molar-refractivity contribution in [3.8, 4) is 11.3 Å². The third kappa shape index (κ3) is 3.78. The highest BCUT2D eigenvalue weighted by Crippen LogP contribution is 2.53. The zero-order valence-corrected chi connectivity index (χ0v) is 18.6. The lowest BCUT2D eigenvalue weighted by Gasteiger charge is -2.25. The first kappa shape index (κ1) is 19.9. The lowest BCUT2D eigenvalue weighted by molar-refractivity contribution is -0.00000514. The van der Waals surface area contributed by atoms with Gasteiger partial charge in [0, 0.05) is 10.9 Å². The summed E-state index contributed by atoms with van der Waals surface area (Å²) in [6, 6.07) is 30.6. The van der Waals surface area contributed by atoms with Crippen LogP contribution in [0, 0.1) is 6.92 Å². The molecule has 0 atom stereocenters. The molecule has 0 saturated heterocycles. The summed E-state index contributed by atoms with van der Waals surface area (Å²) in [5.74, 6) is 0. The topological polar surface area (TPSA) is 12.9 Å². The highest BCUT2D eigenvalue weighted by atomic mass is 79.9. The largest absolute Gasteiger partial charge is 1.00 e. The van der Waals surface area contributed by atoms with Crippen LogP contribution in [0.4, 0.5) is 0 Å². The summed E-state index contributed by atoms with van der Waals surface area (Å²) in [5, 5.41) is 7.46. The molecule has 0 spiro atoms. The lowest BCUT2D eigenvalue weighted by atomic mass is 10.2. The fourth-order valence-corrected chi connectivity index (χ4v) is 7.51. The number of nitrogens with zero attached hydrogens (tertiary/aromatic N) is 1. The number of hydrogen-bond acceptors (Lipinski definition) is 2.